The first-order valence-electron chi connectivity index (χ1n) is 3.95. The number of ether oxygens (including phenoxy) is 1. The summed E-state index contributed by atoms with van der Waals surface area (Å²) in [5.74, 6) is -0.0265. The molecule has 0 aliphatic rings. The molecule has 0 aromatic heterocycles. The summed E-state index contributed by atoms with van der Waals surface area (Å²) in [5, 5.41) is 1.22. The van der Waals surface area contributed by atoms with E-state index in [1.54, 1.807) is 14.2 Å². The zero-order chi connectivity index (χ0) is 9.56. The molecule has 0 spiro atoms. The van der Waals surface area contributed by atoms with Crippen LogP contribution in [0.2, 0.25) is 0 Å². The first-order chi connectivity index (χ1) is 5.61. The molecule has 4 heteroatoms. The minimum atomic E-state index is -0.0265. The number of hydrogen-bond donors (Lipinski definition) is 0. The number of hydrogen-bond acceptors (Lipinski definition) is 3. The highest BCUT2D eigenvalue weighted by Crippen LogP contribution is 2.02. The summed E-state index contributed by atoms with van der Waals surface area (Å²) in [5.41, 5.74) is 0. The SMILES string of the molecule is COC(C)CCC(=O)N(C)OC. The monoisotopic (exact) mass is 175 g/mol. The molecule has 0 fully saturated rings. The third-order valence-electron chi connectivity index (χ3n) is 1.79. The van der Waals surface area contributed by atoms with Gasteiger partial charge < -0.3 is 4.74 Å². The van der Waals surface area contributed by atoms with Crippen LogP contribution in [0.1, 0.15) is 19.8 Å². The summed E-state index contributed by atoms with van der Waals surface area (Å²) < 4.78 is 5.00. The van der Waals surface area contributed by atoms with Gasteiger partial charge in [0.1, 0.15) is 0 Å². The Kier molecular flexibility index (Phi) is 5.66. The van der Waals surface area contributed by atoms with Crippen LogP contribution in [0.5, 0.6) is 0 Å². The summed E-state index contributed by atoms with van der Waals surface area (Å²) in [6.07, 6.45) is 1.31. The van der Waals surface area contributed by atoms with E-state index < -0.39 is 0 Å². The van der Waals surface area contributed by atoms with Gasteiger partial charge in [0.2, 0.25) is 5.91 Å². The van der Waals surface area contributed by atoms with Crippen molar-refractivity contribution in [3.05, 3.63) is 0 Å². The molecule has 0 N–H and O–H groups in total. The highest BCUT2D eigenvalue weighted by atomic mass is 16.7. The third kappa shape index (κ3) is 4.31. The maximum absolute atomic E-state index is 11.1. The Balaban J connectivity index is 3.56. The molecular weight excluding hydrogens is 158 g/mol. The third-order valence-corrected chi connectivity index (χ3v) is 1.79. The average Bonchev–Trinajstić information content (AvgIpc) is 2.11. The van der Waals surface area contributed by atoms with E-state index >= 15 is 0 Å². The Morgan fingerprint density at radius 2 is 2.08 bits per heavy atom. The molecule has 0 heterocycles. The van der Waals surface area contributed by atoms with Crippen LogP contribution in [0, 0.1) is 0 Å². The van der Waals surface area contributed by atoms with E-state index in [2.05, 4.69) is 0 Å². The molecule has 4 nitrogen and oxygen atoms in total. The van der Waals surface area contributed by atoms with Gasteiger partial charge in [-0.3, -0.25) is 9.63 Å². The van der Waals surface area contributed by atoms with Crippen LogP contribution >= 0.6 is 0 Å². The van der Waals surface area contributed by atoms with Gasteiger partial charge in [0.05, 0.1) is 13.2 Å². The molecule has 1 unspecified atom stereocenters. The number of carbonyl (C=O) groups is 1. The normalized spacial score (nSPS) is 12.7. The van der Waals surface area contributed by atoms with Crippen molar-refractivity contribution in [2.45, 2.75) is 25.9 Å². The van der Waals surface area contributed by atoms with Crippen LogP contribution in [0.3, 0.4) is 0 Å². The molecule has 0 saturated heterocycles. The Morgan fingerprint density at radius 1 is 1.50 bits per heavy atom. The predicted molar refractivity (Wildman–Crippen MR) is 45.5 cm³/mol. The lowest BCUT2D eigenvalue weighted by Crippen LogP contribution is -2.26. The van der Waals surface area contributed by atoms with Gasteiger partial charge >= 0.3 is 0 Å². The maximum Gasteiger partial charge on any atom is 0.245 e. The van der Waals surface area contributed by atoms with Crippen molar-refractivity contribution >= 4 is 5.91 Å². The molecule has 72 valence electrons. The lowest BCUT2D eigenvalue weighted by atomic mass is 10.2. The van der Waals surface area contributed by atoms with E-state index in [4.69, 9.17) is 9.57 Å². The molecule has 0 aromatic rings. The smallest absolute Gasteiger partial charge is 0.245 e. The Bertz CT molecular complexity index is 138. The number of hydroxylamine groups is 2. The van der Waals surface area contributed by atoms with Crippen LogP contribution in [0.25, 0.3) is 0 Å². The highest BCUT2D eigenvalue weighted by Gasteiger charge is 2.09. The standard InChI is InChI=1S/C8H17NO3/c1-7(11-3)5-6-8(10)9(2)12-4/h7H,5-6H2,1-4H3. The van der Waals surface area contributed by atoms with Gasteiger partial charge in [-0.25, -0.2) is 5.06 Å². The lowest BCUT2D eigenvalue weighted by Gasteiger charge is -2.14. The van der Waals surface area contributed by atoms with Gasteiger partial charge in [-0.1, -0.05) is 0 Å². The summed E-state index contributed by atoms with van der Waals surface area (Å²) in [4.78, 5) is 15.9. The predicted octanol–water partition coefficient (Wildman–Crippen LogP) is 0.821. The largest absolute Gasteiger partial charge is 0.382 e. The number of rotatable bonds is 5. The second-order valence-electron chi connectivity index (χ2n) is 2.66. The second kappa shape index (κ2) is 5.97. The molecular formula is C8H17NO3. The molecule has 1 amide bonds. The number of nitrogens with zero attached hydrogens (tertiary/aromatic N) is 1. The Hall–Kier alpha value is -0.610. The molecule has 1 atom stereocenters. The van der Waals surface area contributed by atoms with Gasteiger partial charge in [0.15, 0.2) is 0 Å². The van der Waals surface area contributed by atoms with E-state index in [9.17, 15) is 4.79 Å². The van der Waals surface area contributed by atoms with E-state index in [-0.39, 0.29) is 12.0 Å². The van der Waals surface area contributed by atoms with Gasteiger partial charge in [0, 0.05) is 20.6 Å². The molecule has 0 aliphatic heterocycles. The topological polar surface area (TPSA) is 38.8 Å². The van der Waals surface area contributed by atoms with Crippen molar-refractivity contribution in [1.29, 1.82) is 0 Å². The van der Waals surface area contributed by atoms with Crippen LogP contribution in [-0.2, 0) is 14.4 Å². The Morgan fingerprint density at radius 3 is 2.50 bits per heavy atom. The van der Waals surface area contributed by atoms with Crippen LogP contribution in [0.4, 0.5) is 0 Å². The van der Waals surface area contributed by atoms with Crippen molar-refractivity contribution in [2.75, 3.05) is 21.3 Å². The molecule has 0 radical (unpaired) electrons. The van der Waals surface area contributed by atoms with E-state index in [0.717, 1.165) is 6.42 Å². The summed E-state index contributed by atoms with van der Waals surface area (Å²) in [6, 6.07) is 0. The summed E-state index contributed by atoms with van der Waals surface area (Å²) in [7, 11) is 4.70. The summed E-state index contributed by atoms with van der Waals surface area (Å²) >= 11 is 0. The zero-order valence-corrected chi connectivity index (χ0v) is 8.16. The van der Waals surface area contributed by atoms with Crippen molar-refractivity contribution in [1.82, 2.24) is 5.06 Å². The molecule has 0 bridgehead atoms. The fourth-order valence-corrected chi connectivity index (χ4v) is 0.704. The number of carbonyl (C=O) groups excluding carboxylic acids is 1. The van der Waals surface area contributed by atoms with Crippen molar-refractivity contribution < 1.29 is 14.4 Å². The minimum absolute atomic E-state index is 0.0265. The van der Waals surface area contributed by atoms with Crippen molar-refractivity contribution in [3.8, 4) is 0 Å². The van der Waals surface area contributed by atoms with E-state index in [1.165, 1.54) is 12.2 Å². The fourth-order valence-electron chi connectivity index (χ4n) is 0.704. The number of methoxy groups -OCH3 is 1. The maximum atomic E-state index is 11.1. The minimum Gasteiger partial charge on any atom is -0.382 e. The first kappa shape index (κ1) is 11.4. The van der Waals surface area contributed by atoms with Crippen molar-refractivity contribution in [2.24, 2.45) is 0 Å². The van der Waals surface area contributed by atoms with Crippen LogP contribution in [-0.4, -0.2) is 38.3 Å². The Labute approximate surface area is 73.4 Å². The quantitative estimate of drug-likeness (QED) is 0.581. The zero-order valence-electron chi connectivity index (χ0n) is 8.16. The molecule has 0 saturated carbocycles. The van der Waals surface area contributed by atoms with Crippen LogP contribution < -0.4 is 0 Å². The van der Waals surface area contributed by atoms with E-state index in [0.29, 0.717) is 6.42 Å². The van der Waals surface area contributed by atoms with Gasteiger partial charge in [-0.05, 0) is 13.3 Å². The number of amides is 1. The molecule has 0 aromatic carbocycles. The average molecular weight is 175 g/mol. The second-order valence-corrected chi connectivity index (χ2v) is 2.66. The van der Waals surface area contributed by atoms with Gasteiger partial charge in [0.25, 0.3) is 0 Å². The van der Waals surface area contributed by atoms with Gasteiger partial charge in [-0.2, -0.15) is 0 Å². The molecule has 12 heavy (non-hydrogen) atoms. The highest BCUT2D eigenvalue weighted by molar-refractivity contribution is 5.74. The lowest BCUT2D eigenvalue weighted by molar-refractivity contribution is -0.169. The van der Waals surface area contributed by atoms with Gasteiger partial charge in [-0.15, -0.1) is 0 Å². The van der Waals surface area contributed by atoms with Crippen molar-refractivity contribution in [3.63, 3.8) is 0 Å². The summed E-state index contributed by atoms with van der Waals surface area (Å²) in [6.45, 7) is 1.93. The first-order valence-corrected chi connectivity index (χ1v) is 3.95. The van der Waals surface area contributed by atoms with Crippen LogP contribution in [0.15, 0.2) is 0 Å². The molecule has 0 aliphatic carbocycles. The van der Waals surface area contributed by atoms with E-state index in [1.807, 2.05) is 6.92 Å². The fraction of sp³-hybridized carbons (Fsp3) is 0.875. The molecule has 0 rings (SSSR count).